The second-order valence-corrected chi connectivity index (χ2v) is 17.8. The molecular weight excluding hydrogens is 937 g/mol. The summed E-state index contributed by atoms with van der Waals surface area (Å²) in [5.41, 5.74) is 8.44. The zero-order chi connectivity index (χ0) is 49.6. The van der Waals surface area contributed by atoms with Gasteiger partial charge in [0.25, 0.3) is 0 Å². The Morgan fingerprint density at radius 2 is 1.00 bits per heavy atom. The maximum Gasteiger partial charge on any atom is 0.165 e. The average Bonchev–Trinajstić information content (AvgIpc) is 3.27. The van der Waals surface area contributed by atoms with E-state index in [0.29, 0.717) is 27.8 Å². The first-order valence-corrected chi connectivity index (χ1v) is 22.9. The van der Waals surface area contributed by atoms with Gasteiger partial charge in [-0.3, -0.25) is 0 Å². The number of alkyl halides is 1. The predicted molar refractivity (Wildman–Crippen MR) is 240 cm³/mol. The molecule has 1 aliphatic rings. The van der Waals surface area contributed by atoms with Crippen LogP contribution in [0.1, 0.15) is 98.5 Å². The molecule has 1 aliphatic carbocycles. The minimum atomic E-state index is -2.17. The van der Waals surface area contributed by atoms with Gasteiger partial charge in [-0.2, -0.15) is 0 Å². The molecule has 0 amide bonds. The Labute approximate surface area is 384 Å². The van der Waals surface area contributed by atoms with E-state index in [1.54, 1.807) is 45.1 Å². The first-order valence-electron chi connectivity index (χ1n) is 20.8. The van der Waals surface area contributed by atoms with Crippen molar-refractivity contribution in [3.8, 4) is 22.6 Å². The van der Waals surface area contributed by atoms with Gasteiger partial charge in [0.1, 0.15) is 12.0 Å². The van der Waals surface area contributed by atoms with Crippen LogP contribution in [0.15, 0.2) is 69.2 Å². The number of nitrogens with zero attached hydrogens (tertiary/aromatic N) is 1. The van der Waals surface area contributed by atoms with Crippen molar-refractivity contribution in [3.05, 3.63) is 162 Å². The number of hydrogen-bond acceptors (Lipinski definition) is 3. The Hall–Kier alpha value is -5.09. The van der Waals surface area contributed by atoms with Crippen LogP contribution in [0.5, 0.6) is 11.5 Å². The molecule has 0 spiro atoms. The minimum Gasteiger partial charge on any atom is -0.504 e. The summed E-state index contributed by atoms with van der Waals surface area (Å²) < 4.78 is 127. The molecule has 0 heterocycles. The standard InChI is InChI=1S/C17H20F2O.C17H18F2O.C10H12.C6F5N.C2H6.Mo/c2*1-8-6-13(18)12(5)15(10(8)3)16-11(4)9(2)7-14(19)17(16)20;1-10(2,3)9-7-5-4-6-8-9;7-1-2(8)4(10)6(12)5(11)3(1)9;1-2;/h6-7,12-13,20H,1-5H3;6-7,20H,1-5H3;1,4-8H,2-3H3;;1-2H3;/t12-,13-;;;;;/m0...../s1. The summed E-state index contributed by atoms with van der Waals surface area (Å²) in [4.78, 5) is 0. The normalized spacial score (nSPS) is 14.5. The number of phenolic OH excluding ortho intramolecular Hbond substituents is 2. The monoisotopic (exact) mass is 995 g/mol. The van der Waals surface area contributed by atoms with Gasteiger partial charge in [-0.15, -0.1) is 0 Å². The van der Waals surface area contributed by atoms with Crippen LogP contribution < -0.4 is 0 Å². The van der Waals surface area contributed by atoms with E-state index in [9.17, 15) is 49.7 Å². The Morgan fingerprint density at radius 1 is 0.585 bits per heavy atom. The molecule has 0 unspecified atom stereocenters. The van der Waals surface area contributed by atoms with E-state index in [2.05, 4.69) is 3.50 Å². The predicted octanol–water partition coefficient (Wildman–Crippen LogP) is 15.8. The first kappa shape index (κ1) is 54.2. The molecule has 2 atom stereocenters. The van der Waals surface area contributed by atoms with Gasteiger partial charge in [0, 0.05) is 17.0 Å². The van der Waals surface area contributed by atoms with E-state index in [1.807, 2.05) is 92.6 Å². The van der Waals surface area contributed by atoms with Gasteiger partial charge in [0.2, 0.25) is 0 Å². The molecule has 65 heavy (non-hydrogen) atoms. The molecule has 5 aromatic rings. The zero-order valence-corrected chi connectivity index (χ0v) is 41.1. The molecule has 6 rings (SSSR count). The van der Waals surface area contributed by atoms with Gasteiger partial charge in [-0.1, -0.05) is 20.8 Å². The van der Waals surface area contributed by atoms with Gasteiger partial charge in [-0.25, -0.2) is 17.6 Å². The Morgan fingerprint density at radius 3 is 1.49 bits per heavy atom. The zero-order valence-electron chi connectivity index (χ0n) is 39.1. The smallest absolute Gasteiger partial charge is 0.165 e. The molecule has 0 saturated carbocycles. The Bertz CT molecular complexity index is 2550. The number of aromatic hydroxyl groups is 2. The molecule has 5 aromatic carbocycles. The Kier molecular flexibility index (Phi) is 18.7. The van der Waals surface area contributed by atoms with Gasteiger partial charge in [-0.05, 0) is 148 Å². The third-order valence-electron chi connectivity index (χ3n) is 11.6. The largest absolute Gasteiger partial charge is 0.504 e. The van der Waals surface area contributed by atoms with Crippen molar-refractivity contribution in [1.82, 2.24) is 0 Å². The van der Waals surface area contributed by atoms with Crippen molar-refractivity contribution >= 4 is 15.7 Å². The molecule has 0 aliphatic heterocycles. The molecule has 0 saturated heterocycles. The van der Waals surface area contributed by atoms with Crippen molar-refractivity contribution in [2.75, 3.05) is 0 Å². The van der Waals surface area contributed by atoms with Crippen molar-refractivity contribution < 1.29 is 67.6 Å². The number of benzene rings is 5. The second-order valence-electron chi connectivity index (χ2n) is 16.3. The van der Waals surface area contributed by atoms with Crippen LogP contribution in [0.25, 0.3) is 16.7 Å². The van der Waals surface area contributed by atoms with Crippen LogP contribution in [0.4, 0.5) is 45.2 Å². The summed E-state index contributed by atoms with van der Waals surface area (Å²) in [5.74, 6) is -12.8. The minimum absolute atomic E-state index is 0.344. The molecule has 3 nitrogen and oxygen atoms in total. The van der Waals surface area contributed by atoms with Crippen molar-refractivity contribution in [2.24, 2.45) is 9.41 Å². The van der Waals surface area contributed by atoms with Gasteiger partial charge < -0.3 is 10.2 Å². The fraction of sp³-hybridized carbons (Fsp3) is 0.327. The summed E-state index contributed by atoms with van der Waals surface area (Å²) in [5, 5.41) is 20.2. The molecule has 0 bridgehead atoms. The maximum atomic E-state index is 14.1. The molecular formula is C52H56F9MoNO2. The quantitative estimate of drug-likeness (QED) is 0.0798. The van der Waals surface area contributed by atoms with E-state index >= 15 is 0 Å². The molecule has 0 aromatic heterocycles. The van der Waals surface area contributed by atoms with E-state index in [4.69, 9.17) is 0 Å². The van der Waals surface area contributed by atoms with Crippen LogP contribution in [-0.4, -0.2) is 20.8 Å². The fourth-order valence-electron chi connectivity index (χ4n) is 7.19. The number of rotatable bonds is 5. The molecule has 350 valence electrons. The third kappa shape index (κ3) is 11.7. The van der Waals surface area contributed by atoms with Gasteiger partial charge in [0.15, 0.2) is 23.1 Å². The maximum absolute atomic E-state index is 14.1. The van der Waals surface area contributed by atoms with E-state index in [1.165, 1.54) is 18.2 Å². The van der Waals surface area contributed by atoms with Crippen molar-refractivity contribution in [2.45, 2.75) is 109 Å². The van der Waals surface area contributed by atoms with Crippen LogP contribution in [0.2, 0.25) is 0 Å². The topological polar surface area (TPSA) is 52.8 Å². The van der Waals surface area contributed by atoms with Crippen LogP contribution in [-0.2, 0) is 23.3 Å². The molecule has 13 heteroatoms. The fourth-order valence-corrected chi connectivity index (χ4v) is 8.96. The van der Waals surface area contributed by atoms with Crippen LogP contribution in [0, 0.1) is 101 Å². The van der Waals surface area contributed by atoms with Gasteiger partial charge in [0.05, 0.1) is 0 Å². The molecule has 0 fully saturated rings. The van der Waals surface area contributed by atoms with Crippen molar-refractivity contribution in [3.63, 3.8) is 0 Å². The van der Waals surface area contributed by atoms with E-state index < -0.39 is 87.6 Å². The number of phenols is 2. The van der Waals surface area contributed by atoms with Gasteiger partial charge >= 0.3 is 138 Å². The number of allylic oxidation sites excluding steroid dienone is 4. The second kappa shape index (κ2) is 22.4. The average molecular weight is 994 g/mol. The summed E-state index contributed by atoms with van der Waals surface area (Å²) in [6.07, 6.45) is 0.471. The summed E-state index contributed by atoms with van der Waals surface area (Å²) in [7, 11) is 0. The first-order chi connectivity index (χ1) is 30.3. The number of halogens is 9. The van der Waals surface area contributed by atoms with Crippen LogP contribution in [0.3, 0.4) is 0 Å². The third-order valence-corrected chi connectivity index (χ3v) is 14.1. The SMILES string of the molecule is CC.CC(C)([CH]=[Mo]=[N]c1c(F)c(F)c(F)c(F)c1F)c1ccccc1.CC1=C[C@H](F)[C@H](C)C(c2c(C)c(C)cc(F)c2O)=C1C.Cc1cc(F)c(C)c(-c2c(C)c(C)cc(F)c2O)c1C. The molecule has 0 radical (unpaired) electrons. The number of hydrogen-bond donors (Lipinski definition) is 2. The van der Waals surface area contributed by atoms with E-state index in [-0.39, 0.29) is 11.6 Å². The molecule has 2 N–H and O–H groups in total. The summed E-state index contributed by atoms with van der Waals surface area (Å²) in [6.45, 7) is 25.8. The Balaban J connectivity index is 0.000000255. The van der Waals surface area contributed by atoms with E-state index in [0.717, 1.165) is 50.1 Å². The number of aryl methyl sites for hydroxylation is 3. The van der Waals surface area contributed by atoms with Crippen LogP contribution >= 0.6 is 0 Å². The summed E-state index contributed by atoms with van der Waals surface area (Å²) >= 11 is -1.47. The summed E-state index contributed by atoms with van der Waals surface area (Å²) in [6, 6.07) is 13.4. The van der Waals surface area contributed by atoms with Crippen molar-refractivity contribution in [1.29, 1.82) is 0 Å².